The Labute approximate surface area is 116 Å². The second-order valence-corrected chi connectivity index (χ2v) is 6.54. The molecule has 0 aromatic heterocycles. The molecule has 0 aromatic carbocycles. The molecule has 0 spiro atoms. The van der Waals surface area contributed by atoms with E-state index in [2.05, 4.69) is 10.6 Å². The van der Waals surface area contributed by atoms with Crippen LogP contribution in [0.4, 0.5) is 0 Å². The number of nitrogens with zero attached hydrogens (tertiary/aromatic N) is 1. The summed E-state index contributed by atoms with van der Waals surface area (Å²) in [7, 11) is 0. The number of hydrogen-bond acceptors (Lipinski definition) is 4. The van der Waals surface area contributed by atoms with E-state index in [0.29, 0.717) is 25.3 Å². The summed E-state index contributed by atoms with van der Waals surface area (Å²) in [6, 6.07) is -0.373. The summed E-state index contributed by atoms with van der Waals surface area (Å²) in [4.78, 5) is 36.2. The Morgan fingerprint density at radius 3 is 2.79 bits per heavy atom. The van der Waals surface area contributed by atoms with Crippen molar-refractivity contribution in [2.45, 2.75) is 37.6 Å². The third kappa shape index (κ3) is 2.86. The molecule has 3 amide bonds. The van der Waals surface area contributed by atoms with Crippen LogP contribution in [-0.2, 0) is 14.4 Å². The van der Waals surface area contributed by atoms with Gasteiger partial charge in [0.1, 0.15) is 6.04 Å². The average molecular weight is 285 g/mol. The molecule has 2 atom stereocenters. The predicted molar refractivity (Wildman–Crippen MR) is 72.4 cm³/mol. The number of carbonyl (C=O) groups excluding carboxylic acids is 3. The first-order valence-electron chi connectivity index (χ1n) is 6.42. The molecule has 6 nitrogen and oxygen atoms in total. The largest absolute Gasteiger partial charge is 0.355 e. The molecule has 7 heteroatoms. The zero-order chi connectivity index (χ0) is 14.0. The van der Waals surface area contributed by atoms with Gasteiger partial charge in [-0.3, -0.25) is 14.4 Å². The van der Waals surface area contributed by atoms with Gasteiger partial charge in [0.15, 0.2) is 0 Å². The van der Waals surface area contributed by atoms with Crippen LogP contribution in [0.2, 0.25) is 0 Å². The van der Waals surface area contributed by atoms with Crippen molar-refractivity contribution in [3.63, 3.8) is 0 Å². The Kier molecular flexibility index (Phi) is 4.03. The van der Waals surface area contributed by atoms with Gasteiger partial charge in [0.2, 0.25) is 17.7 Å². The van der Waals surface area contributed by atoms with Crippen molar-refractivity contribution in [1.82, 2.24) is 15.5 Å². The van der Waals surface area contributed by atoms with Crippen molar-refractivity contribution in [2.24, 2.45) is 0 Å². The molecule has 2 rings (SSSR count). The highest BCUT2D eigenvalue weighted by atomic mass is 32.2. The van der Waals surface area contributed by atoms with Crippen molar-refractivity contribution in [1.29, 1.82) is 0 Å². The Bertz CT molecular complexity index is 415. The van der Waals surface area contributed by atoms with E-state index in [0.717, 1.165) is 6.42 Å². The summed E-state index contributed by atoms with van der Waals surface area (Å²) in [6.45, 7) is 4.25. The predicted octanol–water partition coefficient (Wildman–Crippen LogP) is -0.307. The van der Waals surface area contributed by atoms with E-state index in [4.69, 9.17) is 0 Å². The molecule has 0 aromatic rings. The maximum absolute atomic E-state index is 12.1. The van der Waals surface area contributed by atoms with Crippen LogP contribution < -0.4 is 10.6 Å². The number of nitrogens with one attached hydrogen (secondary N) is 2. The first-order valence-corrected chi connectivity index (χ1v) is 7.41. The standard InChI is InChI=1S/C12H19N3O3S/c1-8(16)13-5-6-14-11(18)9-7-19-12(2)4-3-10(17)15(9)12/h9H,3-7H2,1-2H3,(H,13,16)(H,14,18)/t9-,12+/m0/s1. The minimum absolute atomic E-state index is 0.0644. The Hall–Kier alpha value is -1.24. The Balaban J connectivity index is 1.86. The normalized spacial score (nSPS) is 29.3. The van der Waals surface area contributed by atoms with Gasteiger partial charge in [0.05, 0.1) is 4.87 Å². The number of thioether (sulfide) groups is 1. The molecular formula is C12H19N3O3S. The lowest BCUT2D eigenvalue weighted by atomic mass is 10.2. The third-order valence-corrected chi connectivity index (χ3v) is 5.05. The van der Waals surface area contributed by atoms with Crippen LogP contribution in [0.1, 0.15) is 26.7 Å². The van der Waals surface area contributed by atoms with Crippen LogP contribution in [0.3, 0.4) is 0 Å². The fraction of sp³-hybridized carbons (Fsp3) is 0.750. The van der Waals surface area contributed by atoms with Crippen molar-refractivity contribution >= 4 is 29.5 Å². The SMILES string of the molecule is CC(=O)NCCNC(=O)[C@@H]1CS[C@]2(C)CCC(=O)N12. The second-order valence-electron chi connectivity index (χ2n) is 5.04. The van der Waals surface area contributed by atoms with Gasteiger partial charge in [-0.1, -0.05) is 0 Å². The lowest BCUT2D eigenvalue weighted by Gasteiger charge is -2.29. The van der Waals surface area contributed by atoms with Gasteiger partial charge < -0.3 is 15.5 Å². The van der Waals surface area contributed by atoms with Crippen LogP contribution in [0.15, 0.2) is 0 Å². The van der Waals surface area contributed by atoms with Gasteiger partial charge in [-0.05, 0) is 13.3 Å². The molecule has 2 saturated heterocycles. The topological polar surface area (TPSA) is 78.5 Å². The highest BCUT2D eigenvalue weighted by Crippen LogP contribution is 2.47. The highest BCUT2D eigenvalue weighted by molar-refractivity contribution is 8.01. The lowest BCUT2D eigenvalue weighted by molar-refractivity contribution is -0.137. The van der Waals surface area contributed by atoms with Crippen LogP contribution in [0, 0.1) is 0 Å². The van der Waals surface area contributed by atoms with Crippen LogP contribution in [-0.4, -0.2) is 52.4 Å². The zero-order valence-electron chi connectivity index (χ0n) is 11.2. The van der Waals surface area contributed by atoms with Gasteiger partial charge in [-0.2, -0.15) is 0 Å². The smallest absolute Gasteiger partial charge is 0.243 e. The molecule has 2 aliphatic rings. The minimum atomic E-state index is -0.373. The minimum Gasteiger partial charge on any atom is -0.355 e. The molecule has 2 N–H and O–H groups in total. The summed E-state index contributed by atoms with van der Waals surface area (Å²) < 4.78 is 0. The summed E-state index contributed by atoms with van der Waals surface area (Å²) in [5.41, 5.74) is 0. The average Bonchev–Trinajstić information content (AvgIpc) is 2.82. The van der Waals surface area contributed by atoms with E-state index in [-0.39, 0.29) is 28.6 Å². The van der Waals surface area contributed by atoms with E-state index >= 15 is 0 Å². The molecule has 19 heavy (non-hydrogen) atoms. The molecule has 2 fully saturated rings. The third-order valence-electron chi connectivity index (χ3n) is 3.55. The molecule has 0 aliphatic carbocycles. The van der Waals surface area contributed by atoms with E-state index in [1.807, 2.05) is 6.92 Å². The van der Waals surface area contributed by atoms with Gasteiger partial charge in [-0.15, -0.1) is 11.8 Å². The van der Waals surface area contributed by atoms with Crippen molar-refractivity contribution in [2.75, 3.05) is 18.8 Å². The molecular weight excluding hydrogens is 266 g/mol. The summed E-state index contributed by atoms with van der Waals surface area (Å²) in [5, 5.41) is 5.38. The van der Waals surface area contributed by atoms with Crippen LogP contribution >= 0.6 is 11.8 Å². The maximum Gasteiger partial charge on any atom is 0.243 e. The molecule has 0 bridgehead atoms. The highest BCUT2D eigenvalue weighted by Gasteiger charge is 2.52. The fourth-order valence-electron chi connectivity index (χ4n) is 2.56. The second kappa shape index (κ2) is 5.40. The van der Waals surface area contributed by atoms with Crippen molar-refractivity contribution in [3.05, 3.63) is 0 Å². The number of fused-ring (bicyclic) bond motifs is 1. The van der Waals surface area contributed by atoms with Gasteiger partial charge in [0, 0.05) is 32.2 Å². The van der Waals surface area contributed by atoms with Crippen LogP contribution in [0.5, 0.6) is 0 Å². The lowest BCUT2D eigenvalue weighted by Crippen LogP contribution is -2.51. The van der Waals surface area contributed by atoms with Gasteiger partial charge in [-0.25, -0.2) is 0 Å². The van der Waals surface area contributed by atoms with E-state index < -0.39 is 0 Å². The van der Waals surface area contributed by atoms with Crippen molar-refractivity contribution < 1.29 is 14.4 Å². The first kappa shape index (κ1) is 14.2. The Morgan fingerprint density at radius 1 is 1.42 bits per heavy atom. The first-order chi connectivity index (χ1) is 8.94. The van der Waals surface area contributed by atoms with E-state index in [1.54, 1.807) is 16.7 Å². The summed E-state index contributed by atoms with van der Waals surface area (Å²) in [6.07, 6.45) is 1.34. The maximum atomic E-state index is 12.1. The molecule has 0 unspecified atom stereocenters. The molecule has 2 heterocycles. The number of rotatable bonds is 4. The van der Waals surface area contributed by atoms with Gasteiger partial charge in [0.25, 0.3) is 0 Å². The zero-order valence-corrected chi connectivity index (χ0v) is 12.0. The molecule has 2 aliphatic heterocycles. The molecule has 106 valence electrons. The van der Waals surface area contributed by atoms with E-state index in [9.17, 15) is 14.4 Å². The van der Waals surface area contributed by atoms with Crippen LogP contribution in [0.25, 0.3) is 0 Å². The monoisotopic (exact) mass is 285 g/mol. The Morgan fingerprint density at radius 2 is 2.11 bits per heavy atom. The summed E-state index contributed by atoms with van der Waals surface area (Å²) in [5.74, 6) is 0.466. The van der Waals surface area contributed by atoms with E-state index in [1.165, 1.54) is 6.92 Å². The van der Waals surface area contributed by atoms with Crippen molar-refractivity contribution in [3.8, 4) is 0 Å². The quantitative estimate of drug-likeness (QED) is 0.695. The number of hydrogen-bond donors (Lipinski definition) is 2. The fourth-order valence-corrected chi connectivity index (χ4v) is 3.99. The molecule has 0 saturated carbocycles. The number of carbonyl (C=O) groups is 3. The number of amides is 3. The van der Waals surface area contributed by atoms with Gasteiger partial charge >= 0.3 is 0 Å². The summed E-state index contributed by atoms with van der Waals surface area (Å²) >= 11 is 1.67. The molecule has 0 radical (unpaired) electrons.